The number of nitrogens with zero attached hydrogens (tertiary/aromatic N) is 4. The molecule has 0 bridgehead atoms. The van der Waals surface area contributed by atoms with Crippen molar-refractivity contribution in [3.8, 4) is 6.07 Å². The van der Waals surface area contributed by atoms with E-state index in [1.54, 1.807) is 0 Å². The van der Waals surface area contributed by atoms with E-state index >= 15 is 0 Å². The summed E-state index contributed by atoms with van der Waals surface area (Å²) < 4.78 is 2.14. The fourth-order valence-corrected chi connectivity index (χ4v) is 5.50. The minimum absolute atomic E-state index is 0.180. The molecule has 0 amide bonds. The number of carbonyl (C=O) groups is 1. The highest BCUT2D eigenvalue weighted by Gasteiger charge is 2.41. The number of aromatic nitrogens is 2. The number of unbranched alkanes of at least 4 members (excludes halogenated alkanes) is 1. The van der Waals surface area contributed by atoms with E-state index in [1.165, 1.54) is 0 Å². The zero-order valence-corrected chi connectivity index (χ0v) is 21.3. The number of piperidine rings is 1. The summed E-state index contributed by atoms with van der Waals surface area (Å²) in [5.74, 6) is -0.920. The maximum absolute atomic E-state index is 12.5. The Kier molecular flexibility index (Phi) is 8.22. The van der Waals surface area contributed by atoms with Crippen molar-refractivity contribution in [3.05, 3.63) is 89.0 Å². The molecule has 1 aliphatic heterocycles. The topological polar surface area (TPSA) is 85.0 Å². The van der Waals surface area contributed by atoms with Crippen molar-refractivity contribution >= 4 is 5.97 Å². The highest BCUT2D eigenvalue weighted by atomic mass is 16.4. The van der Waals surface area contributed by atoms with Crippen LogP contribution in [0.1, 0.15) is 67.0 Å². The van der Waals surface area contributed by atoms with Crippen LogP contribution in [0.5, 0.6) is 0 Å². The number of aliphatic carboxylic acids is 1. The number of hydrogen-bond donors (Lipinski definition) is 0. The van der Waals surface area contributed by atoms with E-state index in [9.17, 15) is 9.90 Å². The van der Waals surface area contributed by atoms with Gasteiger partial charge in [-0.3, -0.25) is 4.90 Å². The highest BCUT2D eigenvalue weighted by Crippen LogP contribution is 2.40. The number of hydrogen-bond acceptors (Lipinski definition) is 5. The Morgan fingerprint density at radius 2 is 2.00 bits per heavy atom. The molecule has 1 aliphatic rings. The van der Waals surface area contributed by atoms with E-state index in [-0.39, 0.29) is 6.04 Å². The summed E-state index contributed by atoms with van der Waals surface area (Å²) >= 11 is 0. The van der Waals surface area contributed by atoms with Crippen molar-refractivity contribution in [2.75, 3.05) is 6.54 Å². The van der Waals surface area contributed by atoms with E-state index in [0.29, 0.717) is 31.4 Å². The van der Waals surface area contributed by atoms with Crippen molar-refractivity contribution in [1.82, 2.24) is 14.5 Å². The number of carboxylic acid groups (broad SMARTS) is 1. The molecule has 1 fully saturated rings. The number of aryl methyl sites for hydroxylation is 1. The van der Waals surface area contributed by atoms with Crippen molar-refractivity contribution in [2.24, 2.45) is 5.41 Å². The summed E-state index contributed by atoms with van der Waals surface area (Å²) in [5, 5.41) is 21.6. The lowest BCUT2D eigenvalue weighted by Crippen LogP contribution is -2.54. The molecule has 3 aromatic rings. The van der Waals surface area contributed by atoms with Crippen molar-refractivity contribution in [3.63, 3.8) is 0 Å². The van der Waals surface area contributed by atoms with Gasteiger partial charge in [-0.2, -0.15) is 5.26 Å². The molecule has 0 spiro atoms. The lowest BCUT2D eigenvalue weighted by Gasteiger charge is -2.47. The predicted octanol–water partition coefficient (Wildman–Crippen LogP) is 4.25. The molecule has 4 rings (SSSR count). The van der Waals surface area contributed by atoms with Gasteiger partial charge in [-0.1, -0.05) is 61.7 Å². The Morgan fingerprint density at radius 1 is 1.19 bits per heavy atom. The molecule has 0 aliphatic carbocycles. The predicted molar refractivity (Wildman–Crippen MR) is 138 cm³/mol. The Labute approximate surface area is 214 Å². The summed E-state index contributed by atoms with van der Waals surface area (Å²) in [6.45, 7) is 6.36. The number of nitriles is 1. The van der Waals surface area contributed by atoms with Gasteiger partial charge in [0.15, 0.2) is 0 Å². The Balaban J connectivity index is 1.51. The standard InChI is InChI=1S/C30H36N4O2/c1-3-4-8-27-17-30(29(35)36,16-26-7-5-6-23(2)15-26)13-14-33(27)21-28-19-32-22-34(28)20-25-11-9-24(18-31)10-12-25/h5-7,9-12,15,19,22,27H,3-4,8,13-14,16-17,20-21H2,1-2H3,(H,35,36)/p-1. The van der Waals surface area contributed by atoms with Crippen LogP contribution in [-0.2, 0) is 24.3 Å². The van der Waals surface area contributed by atoms with Crippen molar-refractivity contribution in [2.45, 2.75) is 71.5 Å². The molecule has 36 heavy (non-hydrogen) atoms. The molecule has 6 nitrogen and oxygen atoms in total. The number of likely N-dealkylation sites (tertiary alicyclic amines) is 1. The van der Waals surface area contributed by atoms with Crippen LogP contribution in [0.15, 0.2) is 61.1 Å². The summed E-state index contributed by atoms with van der Waals surface area (Å²) in [7, 11) is 0. The highest BCUT2D eigenvalue weighted by molar-refractivity contribution is 5.73. The molecule has 0 radical (unpaired) electrons. The molecular formula is C30H35N4O2-. The first-order valence-electron chi connectivity index (χ1n) is 12.9. The number of imidazole rings is 1. The van der Waals surface area contributed by atoms with Gasteiger partial charge in [0.05, 0.1) is 23.7 Å². The van der Waals surface area contributed by atoms with Crippen LogP contribution in [0.4, 0.5) is 0 Å². The number of rotatable bonds is 10. The molecule has 2 aromatic carbocycles. The van der Waals surface area contributed by atoms with Crippen LogP contribution in [0.25, 0.3) is 0 Å². The molecule has 0 saturated carbocycles. The van der Waals surface area contributed by atoms with Crippen LogP contribution in [-0.4, -0.2) is 33.0 Å². The van der Waals surface area contributed by atoms with E-state index in [0.717, 1.165) is 54.7 Å². The van der Waals surface area contributed by atoms with E-state index in [1.807, 2.05) is 61.9 Å². The molecule has 2 unspecified atom stereocenters. The molecule has 2 atom stereocenters. The average molecular weight is 484 g/mol. The molecule has 1 saturated heterocycles. The van der Waals surface area contributed by atoms with Gasteiger partial charge in [-0.05, 0) is 62.4 Å². The van der Waals surface area contributed by atoms with E-state index in [4.69, 9.17) is 5.26 Å². The molecule has 0 N–H and O–H groups in total. The quantitative estimate of drug-likeness (QED) is 0.430. The van der Waals surface area contributed by atoms with Crippen LogP contribution in [0, 0.1) is 23.7 Å². The smallest absolute Gasteiger partial charge is 0.0991 e. The van der Waals surface area contributed by atoms with Crippen LogP contribution >= 0.6 is 0 Å². The van der Waals surface area contributed by atoms with Gasteiger partial charge in [0.2, 0.25) is 0 Å². The van der Waals surface area contributed by atoms with Gasteiger partial charge in [0.25, 0.3) is 0 Å². The summed E-state index contributed by atoms with van der Waals surface area (Å²) in [4.78, 5) is 19.4. The SMILES string of the molecule is CCCCC1CC(Cc2cccc(C)c2)(C(=O)[O-])CCN1Cc1cncn1Cc1ccc(C#N)cc1. The van der Waals surface area contributed by atoms with Crippen molar-refractivity contribution < 1.29 is 9.90 Å². The monoisotopic (exact) mass is 483 g/mol. The number of carbonyl (C=O) groups excluding carboxylic acids is 1. The van der Waals surface area contributed by atoms with Crippen molar-refractivity contribution in [1.29, 1.82) is 5.26 Å². The third-order valence-corrected chi connectivity index (χ3v) is 7.57. The van der Waals surface area contributed by atoms with Gasteiger partial charge < -0.3 is 14.5 Å². The molecule has 188 valence electrons. The molecule has 6 heteroatoms. The molecule has 2 heterocycles. The Bertz CT molecular complexity index is 1210. The fraction of sp³-hybridized carbons (Fsp3) is 0.433. The third-order valence-electron chi connectivity index (χ3n) is 7.57. The van der Waals surface area contributed by atoms with Gasteiger partial charge in [0.1, 0.15) is 0 Å². The van der Waals surface area contributed by atoms with Gasteiger partial charge in [0, 0.05) is 36.7 Å². The first kappa shape index (κ1) is 25.7. The first-order valence-corrected chi connectivity index (χ1v) is 12.9. The number of carboxylic acids is 1. The molecule has 1 aromatic heterocycles. The summed E-state index contributed by atoms with van der Waals surface area (Å²) in [6.07, 6.45) is 8.59. The van der Waals surface area contributed by atoms with E-state index < -0.39 is 11.4 Å². The van der Waals surface area contributed by atoms with Gasteiger partial charge in [-0.15, -0.1) is 0 Å². The Morgan fingerprint density at radius 3 is 2.69 bits per heavy atom. The summed E-state index contributed by atoms with van der Waals surface area (Å²) in [5.41, 5.74) is 4.26. The normalized spacial score (nSPS) is 20.2. The Hall–Kier alpha value is -3.43. The second kappa shape index (κ2) is 11.5. The first-order chi connectivity index (χ1) is 17.4. The zero-order valence-electron chi connectivity index (χ0n) is 21.3. The average Bonchev–Trinajstić information content (AvgIpc) is 3.30. The molecular weight excluding hydrogens is 448 g/mol. The van der Waals surface area contributed by atoms with Crippen LogP contribution < -0.4 is 5.11 Å². The lowest BCUT2D eigenvalue weighted by molar-refractivity contribution is -0.322. The zero-order chi connectivity index (χ0) is 25.5. The largest absolute Gasteiger partial charge is 0.550 e. The van der Waals surface area contributed by atoms with Gasteiger partial charge >= 0.3 is 0 Å². The second-order valence-electron chi connectivity index (χ2n) is 10.3. The van der Waals surface area contributed by atoms with Crippen LogP contribution in [0.2, 0.25) is 0 Å². The minimum Gasteiger partial charge on any atom is -0.550 e. The van der Waals surface area contributed by atoms with Gasteiger partial charge in [-0.25, -0.2) is 4.98 Å². The summed E-state index contributed by atoms with van der Waals surface area (Å²) in [6, 6.07) is 18.2. The maximum Gasteiger partial charge on any atom is 0.0991 e. The third kappa shape index (κ3) is 6.03. The minimum atomic E-state index is -0.920. The maximum atomic E-state index is 12.5. The van der Waals surface area contributed by atoms with Crippen LogP contribution in [0.3, 0.4) is 0 Å². The number of benzene rings is 2. The lowest BCUT2D eigenvalue weighted by atomic mass is 9.70. The second-order valence-corrected chi connectivity index (χ2v) is 10.3. The van der Waals surface area contributed by atoms with E-state index in [2.05, 4.69) is 33.5 Å². The fourth-order valence-electron chi connectivity index (χ4n) is 5.50.